The molecule has 168 valence electrons. The first kappa shape index (κ1) is 23.1. The van der Waals surface area contributed by atoms with Crippen LogP contribution < -0.4 is 14.8 Å². The first-order valence-electron chi connectivity index (χ1n) is 10.5. The highest BCUT2D eigenvalue weighted by Gasteiger charge is 2.32. The van der Waals surface area contributed by atoms with E-state index in [4.69, 9.17) is 9.47 Å². The minimum Gasteiger partial charge on any atom is -0.493 e. The van der Waals surface area contributed by atoms with Crippen LogP contribution in [0.1, 0.15) is 30.5 Å². The summed E-state index contributed by atoms with van der Waals surface area (Å²) in [7, 11) is -1.44. The van der Waals surface area contributed by atoms with E-state index >= 15 is 0 Å². The molecule has 1 saturated heterocycles. The van der Waals surface area contributed by atoms with Crippen molar-refractivity contribution in [3.63, 3.8) is 0 Å². The van der Waals surface area contributed by atoms with E-state index in [0.717, 1.165) is 17.5 Å². The molecule has 1 unspecified atom stereocenters. The zero-order valence-electron chi connectivity index (χ0n) is 18.0. The molecule has 0 spiro atoms. The minimum absolute atomic E-state index is 0.0695. The lowest BCUT2D eigenvalue weighted by Crippen LogP contribution is -2.47. The Morgan fingerprint density at radius 2 is 1.81 bits per heavy atom. The van der Waals surface area contributed by atoms with Gasteiger partial charge in [0.05, 0.1) is 25.2 Å². The van der Waals surface area contributed by atoms with Crippen molar-refractivity contribution in [3.8, 4) is 11.5 Å². The highest BCUT2D eigenvalue weighted by Crippen LogP contribution is 2.28. The fraction of sp³-hybridized carbons (Fsp3) is 0.435. The Balaban J connectivity index is 1.72. The lowest BCUT2D eigenvalue weighted by atomic mass is 10.0. The molecule has 2 aromatic rings. The molecular weight excluding hydrogens is 416 g/mol. The van der Waals surface area contributed by atoms with E-state index in [1.807, 2.05) is 60.4 Å². The summed E-state index contributed by atoms with van der Waals surface area (Å²) in [6, 6.07) is 14.5. The Labute approximate surface area is 184 Å². The van der Waals surface area contributed by atoms with E-state index in [9.17, 15) is 13.2 Å². The maximum Gasteiger partial charge on any atom is 0.242 e. The van der Waals surface area contributed by atoms with Gasteiger partial charge in [-0.1, -0.05) is 43.3 Å². The van der Waals surface area contributed by atoms with Crippen LogP contribution in [0.15, 0.2) is 48.5 Å². The van der Waals surface area contributed by atoms with Crippen molar-refractivity contribution in [2.45, 2.75) is 25.9 Å². The number of hydrogen-bond acceptors (Lipinski definition) is 6. The number of carbonyl (C=O) groups excluding carboxylic acids is 1. The molecule has 0 aliphatic carbocycles. The van der Waals surface area contributed by atoms with Gasteiger partial charge in [-0.2, -0.15) is 0 Å². The molecule has 0 radical (unpaired) electrons. The third-order valence-corrected chi connectivity index (χ3v) is 6.87. The molecule has 1 aliphatic rings. The monoisotopic (exact) mass is 446 g/mol. The number of hydrogen-bond donors (Lipinski definition) is 1. The van der Waals surface area contributed by atoms with Crippen molar-refractivity contribution in [3.05, 3.63) is 59.7 Å². The number of sulfone groups is 1. The van der Waals surface area contributed by atoms with Crippen LogP contribution in [-0.4, -0.2) is 57.5 Å². The Bertz CT molecular complexity index is 965. The molecule has 0 saturated carbocycles. The van der Waals surface area contributed by atoms with E-state index in [-0.39, 0.29) is 17.4 Å². The van der Waals surface area contributed by atoms with Crippen LogP contribution >= 0.6 is 0 Å². The lowest BCUT2D eigenvalue weighted by Gasteiger charge is -2.33. The van der Waals surface area contributed by atoms with Gasteiger partial charge < -0.3 is 14.8 Å². The summed E-state index contributed by atoms with van der Waals surface area (Å²) in [5.74, 6) is 1.29. The van der Waals surface area contributed by atoms with Gasteiger partial charge >= 0.3 is 0 Å². The molecular formula is C23H30N2O5S. The average Bonchev–Trinajstić information content (AvgIpc) is 2.78. The summed E-state index contributed by atoms with van der Waals surface area (Å²) in [5.41, 5.74) is 1.74. The minimum atomic E-state index is -3.03. The Morgan fingerprint density at radius 1 is 1.10 bits per heavy atom. The van der Waals surface area contributed by atoms with Gasteiger partial charge in [0.2, 0.25) is 5.91 Å². The first-order valence-corrected chi connectivity index (χ1v) is 12.3. The van der Waals surface area contributed by atoms with Crippen molar-refractivity contribution in [1.29, 1.82) is 0 Å². The van der Waals surface area contributed by atoms with Gasteiger partial charge in [0, 0.05) is 19.6 Å². The van der Waals surface area contributed by atoms with Gasteiger partial charge in [-0.3, -0.25) is 9.69 Å². The maximum atomic E-state index is 13.2. The van der Waals surface area contributed by atoms with Crippen molar-refractivity contribution in [1.82, 2.24) is 10.2 Å². The van der Waals surface area contributed by atoms with Crippen LogP contribution in [0, 0.1) is 0 Å². The molecule has 0 bridgehead atoms. The molecule has 1 heterocycles. The highest BCUT2D eigenvalue weighted by molar-refractivity contribution is 7.91. The number of ether oxygens (including phenoxy) is 2. The quantitative estimate of drug-likeness (QED) is 0.637. The lowest BCUT2D eigenvalue weighted by molar-refractivity contribution is -0.126. The van der Waals surface area contributed by atoms with Crippen molar-refractivity contribution < 1.29 is 22.7 Å². The molecule has 1 fully saturated rings. The second-order valence-corrected chi connectivity index (χ2v) is 9.86. The third kappa shape index (κ3) is 6.21. The molecule has 1 atom stereocenters. The summed E-state index contributed by atoms with van der Waals surface area (Å²) in [6.45, 7) is 3.66. The molecule has 7 nitrogen and oxygen atoms in total. The Kier molecular flexibility index (Phi) is 7.92. The van der Waals surface area contributed by atoms with Crippen LogP contribution in [-0.2, 0) is 21.2 Å². The Hall–Kier alpha value is -2.58. The summed E-state index contributed by atoms with van der Waals surface area (Å²) < 4.78 is 34.8. The first-order chi connectivity index (χ1) is 14.9. The molecule has 0 aromatic heterocycles. The molecule has 1 N–H and O–H groups in total. The van der Waals surface area contributed by atoms with E-state index in [1.54, 1.807) is 7.11 Å². The van der Waals surface area contributed by atoms with Crippen LogP contribution in [0.3, 0.4) is 0 Å². The van der Waals surface area contributed by atoms with E-state index < -0.39 is 15.9 Å². The van der Waals surface area contributed by atoms with Gasteiger partial charge in [-0.25, -0.2) is 8.42 Å². The number of amides is 1. The molecule has 2 aromatic carbocycles. The topological polar surface area (TPSA) is 84.9 Å². The predicted molar refractivity (Wildman–Crippen MR) is 120 cm³/mol. The van der Waals surface area contributed by atoms with Crippen LogP contribution in [0.4, 0.5) is 0 Å². The highest BCUT2D eigenvalue weighted by atomic mass is 32.2. The summed E-state index contributed by atoms with van der Waals surface area (Å²) >= 11 is 0. The molecule has 31 heavy (non-hydrogen) atoms. The molecule has 8 heteroatoms. The van der Waals surface area contributed by atoms with E-state index in [2.05, 4.69) is 5.32 Å². The van der Waals surface area contributed by atoms with Gasteiger partial charge in [-0.15, -0.1) is 0 Å². The van der Waals surface area contributed by atoms with Crippen LogP contribution in [0.2, 0.25) is 0 Å². The maximum absolute atomic E-state index is 13.2. The number of nitrogens with one attached hydrogen (secondary N) is 1. The standard InChI is InChI=1S/C23H30N2O5S/c1-3-13-30-20-10-9-18(16-21(20)29-2)17-24-23(26)22(19-7-5-4-6-8-19)25-11-14-31(27,28)15-12-25/h4-10,16,22H,3,11-15,17H2,1-2H3,(H,24,26). The van der Waals surface area contributed by atoms with Crippen molar-refractivity contribution in [2.24, 2.45) is 0 Å². The predicted octanol–water partition coefficient (Wildman–Crippen LogP) is 2.57. The number of nitrogens with zero attached hydrogens (tertiary/aromatic N) is 1. The van der Waals surface area contributed by atoms with Gasteiger partial charge in [0.25, 0.3) is 0 Å². The van der Waals surface area contributed by atoms with Gasteiger partial charge in [-0.05, 0) is 29.7 Å². The van der Waals surface area contributed by atoms with Gasteiger partial charge in [0.15, 0.2) is 21.3 Å². The number of benzene rings is 2. The van der Waals surface area contributed by atoms with Crippen molar-refractivity contribution >= 4 is 15.7 Å². The summed E-state index contributed by atoms with van der Waals surface area (Å²) in [6.07, 6.45) is 0.902. The van der Waals surface area contributed by atoms with E-state index in [1.165, 1.54) is 0 Å². The largest absolute Gasteiger partial charge is 0.493 e. The second kappa shape index (κ2) is 10.6. The SMILES string of the molecule is CCCOc1ccc(CNC(=O)C(c2ccccc2)N2CCS(=O)(=O)CC2)cc1OC. The van der Waals surface area contributed by atoms with Crippen LogP contribution in [0.5, 0.6) is 11.5 Å². The summed E-state index contributed by atoms with van der Waals surface area (Å²) in [5, 5.41) is 3.00. The summed E-state index contributed by atoms with van der Waals surface area (Å²) in [4.78, 5) is 15.1. The van der Waals surface area contributed by atoms with Crippen molar-refractivity contribution in [2.75, 3.05) is 38.3 Å². The molecule has 1 aliphatic heterocycles. The third-order valence-electron chi connectivity index (χ3n) is 5.26. The smallest absolute Gasteiger partial charge is 0.242 e. The second-order valence-electron chi connectivity index (χ2n) is 7.55. The average molecular weight is 447 g/mol. The molecule has 3 rings (SSSR count). The zero-order valence-corrected chi connectivity index (χ0v) is 18.9. The molecule has 1 amide bonds. The zero-order chi connectivity index (χ0) is 22.3. The number of carbonyl (C=O) groups is 1. The van der Waals surface area contributed by atoms with Crippen LogP contribution in [0.25, 0.3) is 0 Å². The fourth-order valence-corrected chi connectivity index (χ4v) is 4.82. The van der Waals surface area contributed by atoms with E-state index in [0.29, 0.717) is 37.7 Å². The fourth-order valence-electron chi connectivity index (χ4n) is 3.59. The number of methoxy groups -OCH3 is 1. The number of rotatable bonds is 9. The van der Waals surface area contributed by atoms with Gasteiger partial charge in [0.1, 0.15) is 6.04 Å². The normalized spacial score (nSPS) is 17.0. The Morgan fingerprint density at radius 3 is 2.45 bits per heavy atom.